The predicted molar refractivity (Wildman–Crippen MR) is 221 cm³/mol. The van der Waals surface area contributed by atoms with Crippen LogP contribution < -0.4 is 5.73 Å². The number of anilines is 1. The molecule has 2 heteroatoms. The Kier molecular flexibility index (Phi) is 8.58. The van der Waals surface area contributed by atoms with Crippen LogP contribution in [0, 0.1) is 0 Å². The van der Waals surface area contributed by atoms with Crippen molar-refractivity contribution < 1.29 is 0 Å². The van der Waals surface area contributed by atoms with E-state index in [1.54, 1.807) is 0 Å². The van der Waals surface area contributed by atoms with Gasteiger partial charge in [-0.15, -0.1) is 0 Å². The first-order valence-corrected chi connectivity index (χ1v) is 17.8. The summed E-state index contributed by atoms with van der Waals surface area (Å²) in [7, 11) is 0. The normalized spacial score (nSPS) is 15.8. The molecule has 8 rings (SSSR count). The molecular weight excluding hydrogens is 629 g/mol. The first-order chi connectivity index (χ1) is 25.4. The third kappa shape index (κ3) is 5.79. The van der Waals surface area contributed by atoms with Crippen LogP contribution in [0.4, 0.5) is 5.69 Å². The minimum absolute atomic E-state index is 0.629. The third-order valence-electron chi connectivity index (χ3n) is 10.4. The molecule has 0 aromatic heterocycles. The maximum Gasteiger partial charge on any atom is 0.0711 e. The number of allylic oxidation sites excluding steroid dienone is 7. The van der Waals surface area contributed by atoms with Gasteiger partial charge < -0.3 is 5.73 Å². The number of benzene rings is 6. The zero-order valence-electron chi connectivity index (χ0n) is 29.4. The van der Waals surface area contributed by atoms with Gasteiger partial charge in [0, 0.05) is 17.0 Å². The summed E-state index contributed by atoms with van der Waals surface area (Å²) in [5, 5.41) is 0. The van der Waals surface area contributed by atoms with Gasteiger partial charge in [0.15, 0.2) is 0 Å². The van der Waals surface area contributed by atoms with E-state index in [-0.39, 0.29) is 0 Å². The van der Waals surface area contributed by atoms with Crippen molar-refractivity contribution in [3.05, 3.63) is 234 Å². The quantitative estimate of drug-likeness (QED) is 0.107. The molecule has 0 fully saturated rings. The molecule has 0 bridgehead atoms. The molecule has 2 aliphatic rings. The molecule has 0 radical (unpaired) electrons. The molecule has 2 N–H and O–H groups in total. The molecule has 0 unspecified atom stereocenters. The number of nitrogen functional groups attached to an aromatic ring is 1. The van der Waals surface area contributed by atoms with Gasteiger partial charge in [-0.25, -0.2) is 0 Å². The van der Waals surface area contributed by atoms with Crippen molar-refractivity contribution in [1.29, 1.82) is 0 Å². The van der Waals surface area contributed by atoms with Crippen molar-refractivity contribution in [1.82, 2.24) is 0 Å². The van der Waals surface area contributed by atoms with Gasteiger partial charge in [0.05, 0.1) is 11.1 Å². The van der Waals surface area contributed by atoms with Crippen molar-refractivity contribution >= 4 is 22.7 Å². The van der Waals surface area contributed by atoms with Gasteiger partial charge in [0.1, 0.15) is 0 Å². The van der Waals surface area contributed by atoms with Gasteiger partial charge in [-0.3, -0.25) is 4.99 Å². The summed E-state index contributed by atoms with van der Waals surface area (Å²) in [5.41, 5.74) is 22.8. The van der Waals surface area contributed by atoms with E-state index in [0.29, 0.717) is 0 Å². The highest BCUT2D eigenvalue weighted by Crippen LogP contribution is 2.57. The summed E-state index contributed by atoms with van der Waals surface area (Å²) in [6.45, 7) is 11.5. The molecule has 52 heavy (non-hydrogen) atoms. The number of nitrogens with zero attached hydrogens (tertiary/aromatic N) is 1. The zero-order chi connectivity index (χ0) is 35.7. The van der Waals surface area contributed by atoms with Crippen LogP contribution in [-0.4, -0.2) is 5.71 Å². The fourth-order valence-corrected chi connectivity index (χ4v) is 7.86. The average molecular weight is 669 g/mol. The molecule has 6 aromatic carbocycles. The van der Waals surface area contributed by atoms with Crippen LogP contribution in [-0.2, 0) is 11.8 Å². The SMILES string of the molecule is C=C(\C=C(/N=C(C)\C1=C\C(=C)C2(c3cc(-c4cccc(N)c4)ccc3CC=C1)c1ccccc1-c1ccccc12)c1ccccc1)c1ccccc1. The number of aliphatic imine (C=N–C) groups is 1. The Morgan fingerprint density at radius 3 is 1.96 bits per heavy atom. The zero-order valence-corrected chi connectivity index (χ0v) is 29.4. The lowest BCUT2D eigenvalue weighted by atomic mass is 9.65. The van der Waals surface area contributed by atoms with Crippen LogP contribution in [0.1, 0.15) is 40.3 Å². The molecule has 1 spiro atoms. The predicted octanol–water partition coefficient (Wildman–Crippen LogP) is 12.1. The molecule has 0 aliphatic heterocycles. The van der Waals surface area contributed by atoms with E-state index in [2.05, 4.69) is 141 Å². The second-order valence-corrected chi connectivity index (χ2v) is 13.6. The summed E-state index contributed by atoms with van der Waals surface area (Å²) in [6.07, 6.45) is 9.56. The van der Waals surface area contributed by atoms with Gasteiger partial charge in [0.25, 0.3) is 0 Å². The summed E-state index contributed by atoms with van der Waals surface area (Å²) in [6, 6.07) is 53.2. The van der Waals surface area contributed by atoms with Crippen LogP contribution in [0.5, 0.6) is 0 Å². The molecule has 0 amide bonds. The summed E-state index contributed by atoms with van der Waals surface area (Å²) in [4.78, 5) is 5.33. The molecule has 2 nitrogen and oxygen atoms in total. The van der Waals surface area contributed by atoms with Gasteiger partial charge >= 0.3 is 0 Å². The highest BCUT2D eigenvalue weighted by Gasteiger charge is 2.47. The average Bonchev–Trinajstić information content (AvgIpc) is 3.51. The second-order valence-electron chi connectivity index (χ2n) is 13.6. The fraction of sp³-hybridized carbons (Fsp3) is 0.0600. The minimum Gasteiger partial charge on any atom is -0.399 e. The molecule has 0 saturated carbocycles. The first-order valence-electron chi connectivity index (χ1n) is 17.8. The van der Waals surface area contributed by atoms with Gasteiger partial charge in [-0.2, -0.15) is 0 Å². The molecule has 0 atom stereocenters. The Morgan fingerprint density at radius 2 is 1.29 bits per heavy atom. The van der Waals surface area contributed by atoms with Crippen LogP contribution in [0.2, 0.25) is 0 Å². The standard InChI is InChI=1S/C50H40N2/c1-34(37-16-6-4-7-17-37)30-49(39-18-8-5-9-19-39)52-36(3)40-21-14-20-38-28-29-42(41-22-15-23-43(51)32-41)33-48(38)50(35(2)31-40)46-26-12-10-24-44(46)45-25-11-13-27-47(45)50/h4-19,21-33H,1-2,20,51H2,3H3/b21-14?,40-31+,49-30-,52-36-. The van der Waals surface area contributed by atoms with Crippen molar-refractivity contribution in [3.63, 3.8) is 0 Å². The lowest BCUT2D eigenvalue weighted by Gasteiger charge is -2.36. The van der Waals surface area contributed by atoms with E-state index in [9.17, 15) is 0 Å². The van der Waals surface area contributed by atoms with Crippen LogP contribution >= 0.6 is 0 Å². The van der Waals surface area contributed by atoms with E-state index in [1.807, 2.05) is 48.5 Å². The minimum atomic E-state index is -0.629. The first kappa shape index (κ1) is 32.7. The number of fused-ring (bicyclic) bond motifs is 7. The number of hydrogen-bond acceptors (Lipinski definition) is 2. The fourth-order valence-electron chi connectivity index (χ4n) is 7.86. The molecule has 0 saturated heterocycles. The molecular formula is C50H40N2. The number of hydrogen-bond donors (Lipinski definition) is 1. The molecule has 2 aliphatic carbocycles. The van der Waals surface area contributed by atoms with Gasteiger partial charge in [-0.1, -0.05) is 159 Å². The number of rotatable bonds is 6. The van der Waals surface area contributed by atoms with E-state index in [4.69, 9.17) is 17.3 Å². The third-order valence-corrected chi connectivity index (χ3v) is 10.4. The maximum absolute atomic E-state index is 6.28. The monoisotopic (exact) mass is 668 g/mol. The van der Waals surface area contributed by atoms with E-state index in [1.165, 1.54) is 33.4 Å². The Labute approximate surface area is 307 Å². The van der Waals surface area contributed by atoms with Crippen LogP contribution in [0.15, 0.2) is 205 Å². The van der Waals surface area contributed by atoms with E-state index < -0.39 is 5.41 Å². The van der Waals surface area contributed by atoms with Gasteiger partial charge in [0.2, 0.25) is 0 Å². The number of nitrogens with two attached hydrogens (primary N) is 1. The second kappa shape index (κ2) is 13.7. The van der Waals surface area contributed by atoms with Crippen molar-refractivity contribution in [2.45, 2.75) is 18.8 Å². The van der Waals surface area contributed by atoms with Crippen LogP contribution in [0.25, 0.3) is 33.5 Å². The molecule has 6 aromatic rings. The van der Waals surface area contributed by atoms with Gasteiger partial charge in [-0.05, 0) is 110 Å². The van der Waals surface area contributed by atoms with Crippen molar-refractivity contribution in [3.8, 4) is 22.3 Å². The summed E-state index contributed by atoms with van der Waals surface area (Å²) in [5.74, 6) is 0. The Hall–Kier alpha value is -6.51. The highest BCUT2D eigenvalue weighted by molar-refractivity contribution is 6.05. The highest BCUT2D eigenvalue weighted by atomic mass is 14.8. The molecule has 0 heterocycles. The topological polar surface area (TPSA) is 38.4 Å². The van der Waals surface area contributed by atoms with Crippen LogP contribution in [0.3, 0.4) is 0 Å². The Morgan fingerprint density at radius 1 is 0.673 bits per heavy atom. The lowest BCUT2D eigenvalue weighted by Crippen LogP contribution is -2.30. The van der Waals surface area contributed by atoms with Crippen molar-refractivity contribution in [2.75, 3.05) is 5.73 Å². The van der Waals surface area contributed by atoms with E-state index >= 15 is 0 Å². The molecule has 250 valence electrons. The summed E-state index contributed by atoms with van der Waals surface area (Å²) >= 11 is 0. The Bertz CT molecular complexity index is 2430. The lowest BCUT2D eigenvalue weighted by molar-refractivity contribution is 0.760. The largest absolute Gasteiger partial charge is 0.399 e. The maximum atomic E-state index is 6.28. The Balaban J connectivity index is 1.33. The van der Waals surface area contributed by atoms with E-state index in [0.717, 1.165) is 62.5 Å². The van der Waals surface area contributed by atoms with Crippen molar-refractivity contribution in [2.24, 2.45) is 4.99 Å². The summed E-state index contributed by atoms with van der Waals surface area (Å²) < 4.78 is 0. The smallest absolute Gasteiger partial charge is 0.0711 e.